The number of nitrogens with one attached hydrogen (secondary N) is 1. The van der Waals surface area contributed by atoms with E-state index >= 15 is 0 Å². The average Bonchev–Trinajstić information content (AvgIpc) is 2.89. The molecule has 1 heterocycles. The third-order valence-electron chi connectivity index (χ3n) is 3.99. The molecule has 3 rings (SSSR count). The quantitative estimate of drug-likeness (QED) is 0.813. The molecule has 0 bridgehead atoms. The average molecular weight is 388 g/mol. The lowest BCUT2D eigenvalue weighted by Gasteiger charge is -2.14. The van der Waals surface area contributed by atoms with Crippen LogP contribution in [0.3, 0.4) is 0 Å². The van der Waals surface area contributed by atoms with Gasteiger partial charge in [0.05, 0.1) is 22.4 Å². The summed E-state index contributed by atoms with van der Waals surface area (Å²) in [6.45, 7) is 3.13. The van der Waals surface area contributed by atoms with Gasteiger partial charge in [0, 0.05) is 12.0 Å². The SMILES string of the molecule is CC(C)C(=O)Nc1cc(C(=O)ON2C(=O)c3ccccc3C2=O)c(F)cc1F. The van der Waals surface area contributed by atoms with Gasteiger partial charge in [0.15, 0.2) is 0 Å². The molecule has 28 heavy (non-hydrogen) atoms. The van der Waals surface area contributed by atoms with Crippen LogP contribution < -0.4 is 5.32 Å². The highest BCUT2D eigenvalue weighted by Crippen LogP contribution is 2.25. The van der Waals surface area contributed by atoms with Crippen molar-refractivity contribution < 1.29 is 32.8 Å². The van der Waals surface area contributed by atoms with Crippen LogP contribution in [0, 0.1) is 17.6 Å². The topological polar surface area (TPSA) is 92.8 Å². The van der Waals surface area contributed by atoms with Gasteiger partial charge in [-0.15, -0.1) is 0 Å². The summed E-state index contributed by atoms with van der Waals surface area (Å²) in [6, 6.07) is 6.94. The Morgan fingerprint density at radius 1 is 1.00 bits per heavy atom. The first-order chi connectivity index (χ1) is 13.2. The molecular weight excluding hydrogens is 374 g/mol. The number of fused-ring (bicyclic) bond motifs is 1. The number of carbonyl (C=O) groups is 4. The lowest BCUT2D eigenvalue weighted by atomic mass is 10.1. The van der Waals surface area contributed by atoms with E-state index in [9.17, 15) is 28.0 Å². The van der Waals surface area contributed by atoms with Crippen LogP contribution in [0.1, 0.15) is 44.9 Å². The molecule has 0 unspecified atom stereocenters. The molecule has 1 N–H and O–H groups in total. The lowest BCUT2D eigenvalue weighted by Crippen LogP contribution is -2.33. The van der Waals surface area contributed by atoms with Crippen molar-refractivity contribution in [3.05, 3.63) is 64.7 Å². The zero-order valence-electron chi connectivity index (χ0n) is 14.8. The number of halogens is 2. The summed E-state index contributed by atoms with van der Waals surface area (Å²) in [5, 5.41) is 2.43. The van der Waals surface area contributed by atoms with Crippen molar-refractivity contribution in [3.8, 4) is 0 Å². The maximum absolute atomic E-state index is 14.1. The Labute approximate surface area is 157 Å². The maximum Gasteiger partial charge on any atom is 0.366 e. The largest absolute Gasteiger partial charge is 0.366 e. The van der Waals surface area contributed by atoms with Crippen molar-refractivity contribution in [3.63, 3.8) is 0 Å². The van der Waals surface area contributed by atoms with E-state index in [4.69, 9.17) is 4.84 Å². The highest BCUT2D eigenvalue weighted by atomic mass is 19.1. The molecule has 9 heteroatoms. The highest BCUT2D eigenvalue weighted by molar-refractivity contribution is 6.21. The fraction of sp³-hybridized carbons (Fsp3) is 0.158. The van der Waals surface area contributed by atoms with Crippen LogP contribution in [0.2, 0.25) is 0 Å². The number of nitrogens with zero attached hydrogens (tertiary/aromatic N) is 1. The number of rotatable bonds is 4. The number of anilines is 1. The minimum Gasteiger partial charge on any atom is -0.324 e. The van der Waals surface area contributed by atoms with Crippen molar-refractivity contribution >= 4 is 29.4 Å². The zero-order valence-corrected chi connectivity index (χ0v) is 14.8. The van der Waals surface area contributed by atoms with Gasteiger partial charge >= 0.3 is 5.97 Å². The van der Waals surface area contributed by atoms with Gasteiger partial charge in [0.1, 0.15) is 11.6 Å². The summed E-state index contributed by atoms with van der Waals surface area (Å²) >= 11 is 0. The van der Waals surface area contributed by atoms with E-state index in [1.165, 1.54) is 24.3 Å². The molecule has 0 fully saturated rings. The van der Waals surface area contributed by atoms with E-state index in [1.807, 2.05) is 0 Å². The number of hydrogen-bond acceptors (Lipinski definition) is 5. The number of benzene rings is 2. The minimum absolute atomic E-state index is 0.0322. The molecule has 3 amide bonds. The predicted octanol–water partition coefficient (Wildman–Crippen LogP) is 2.93. The standard InChI is InChI=1S/C19H14F2N2O5/c1-9(2)16(24)22-15-7-12(13(20)8-14(15)21)19(27)28-23-17(25)10-5-3-4-6-11(10)18(23)26/h3-9H,1-2H3,(H,22,24). The Bertz CT molecular complexity index is 984. The van der Waals surface area contributed by atoms with Gasteiger partial charge in [-0.2, -0.15) is 0 Å². The van der Waals surface area contributed by atoms with Gasteiger partial charge in [-0.05, 0) is 18.2 Å². The molecule has 2 aromatic carbocycles. The first-order valence-corrected chi connectivity index (χ1v) is 8.20. The molecule has 0 radical (unpaired) electrons. The second-order valence-electron chi connectivity index (χ2n) is 6.28. The summed E-state index contributed by atoms with van der Waals surface area (Å²) in [5.74, 6) is -6.57. The van der Waals surface area contributed by atoms with E-state index in [1.54, 1.807) is 13.8 Å². The molecule has 0 atom stereocenters. The Morgan fingerprint density at radius 3 is 2.11 bits per heavy atom. The molecule has 0 aromatic heterocycles. The number of amides is 3. The minimum atomic E-state index is -1.40. The first-order valence-electron chi connectivity index (χ1n) is 8.20. The van der Waals surface area contributed by atoms with Crippen LogP contribution in [0.15, 0.2) is 36.4 Å². The number of carbonyl (C=O) groups excluding carboxylic acids is 4. The molecule has 0 saturated heterocycles. The zero-order chi connectivity index (χ0) is 20.6. The predicted molar refractivity (Wildman–Crippen MR) is 92.2 cm³/mol. The molecule has 0 aliphatic carbocycles. The summed E-state index contributed by atoms with van der Waals surface area (Å²) < 4.78 is 28.0. The number of hydrogen-bond donors (Lipinski definition) is 1. The van der Waals surface area contributed by atoms with Crippen LogP contribution >= 0.6 is 0 Å². The summed E-state index contributed by atoms with van der Waals surface area (Å²) in [7, 11) is 0. The van der Waals surface area contributed by atoms with E-state index in [-0.39, 0.29) is 16.2 Å². The molecule has 144 valence electrons. The normalized spacial score (nSPS) is 13.0. The third kappa shape index (κ3) is 3.34. The second kappa shape index (κ2) is 7.18. The fourth-order valence-electron chi connectivity index (χ4n) is 2.46. The summed E-state index contributed by atoms with van der Waals surface area (Å²) in [5.41, 5.74) is -1.12. The van der Waals surface area contributed by atoms with Gasteiger partial charge < -0.3 is 10.2 Å². The van der Waals surface area contributed by atoms with Crippen molar-refractivity contribution in [1.82, 2.24) is 5.06 Å². The van der Waals surface area contributed by atoms with Crippen LogP contribution in [0.5, 0.6) is 0 Å². The van der Waals surface area contributed by atoms with Gasteiger partial charge in [0.2, 0.25) is 5.91 Å². The smallest absolute Gasteiger partial charge is 0.324 e. The van der Waals surface area contributed by atoms with Crippen LogP contribution in [-0.4, -0.2) is 28.8 Å². The van der Waals surface area contributed by atoms with E-state index < -0.39 is 52.5 Å². The number of imide groups is 1. The van der Waals surface area contributed by atoms with Crippen molar-refractivity contribution in [1.29, 1.82) is 0 Å². The Hall–Kier alpha value is -3.62. The van der Waals surface area contributed by atoms with E-state index in [2.05, 4.69) is 5.32 Å². The summed E-state index contributed by atoms with van der Waals surface area (Å²) in [4.78, 5) is 53.2. The van der Waals surface area contributed by atoms with Gasteiger partial charge in [-0.25, -0.2) is 13.6 Å². The van der Waals surface area contributed by atoms with Crippen LogP contribution in [-0.2, 0) is 9.63 Å². The van der Waals surface area contributed by atoms with Gasteiger partial charge in [0.25, 0.3) is 11.8 Å². The van der Waals surface area contributed by atoms with E-state index in [0.717, 1.165) is 6.07 Å². The molecule has 1 aliphatic heterocycles. The van der Waals surface area contributed by atoms with Gasteiger partial charge in [-0.3, -0.25) is 14.4 Å². The molecule has 2 aromatic rings. The van der Waals surface area contributed by atoms with Crippen LogP contribution in [0.4, 0.5) is 14.5 Å². The van der Waals surface area contributed by atoms with Crippen molar-refractivity contribution in [2.75, 3.05) is 5.32 Å². The molecule has 7 nitrogen and oxygen atoms in total. The monoisotopic (exact) mass is 388 g/mol. The van der Waals surface area contributed by atoms with Crippen molar-refractivity contribution in [2.24, 2.45) is 5.92 Å². The van der Waals surface area contributed by atoms with E-state index in [0.29, 0.717) is 6.07 Å². The second-order valence-corrected chi connectivity index (χ2v) is 6.28. The molecule has 0 saturated carbocycles. The molecule has 1 aliphatic rings. The number of hydroxylamine groups is 2. The van der Waals surface area contributed by atoms with Crippen LogP contribution in [0.25, 0.3) is 0 Å². The summed E-state index contributed by atoms with van der Waals surface area (Å²) in [6.07, 6.45) is 0. The molecular formula is C19H14F2N2O5. The van der Waals surface area contributed by atoms with Gasteiger partial charge in [-0.1, -0.05) is 31.0 Å². The Morgan fingerprint density at radius 2 is 1.57 bits per heavy atom. The molecule has 0 spiro atoms. The maximum atomic E-state index is 14.1. The Balaban J connectivity index is 1.86. The highest BCUT2D eigenvalue weighted by Gasteiger charge is 2.39. The Kier molecular flexibility index (Phi) is 4.91. The third-order valence-corrected chi connectivity index (χ3v) is 3.99. The lowest BCUT2D eigenvalue weighted by molar-refractivity contribution is -0.118. The first kappa shape index (κ1) is 19.2. The fourth-order valence-corrected chi connectivity index (χ4v) is 2.46. The van der Waals surface area contributed by atoms with Crippen molar-refractivity contribution in [2.45, 2.75) is 13.8 Å².